The van der Waals surface area contributed by atoms with E-state index in [-0.39, 0.29) is 17.8 Å². The van der Waals surface area contributed by atoms with E-state index in [1.54, 1.807) is 11.3 Å². The van der Waals surface area contributed by atoms with E-state index in [2.05, 4.69) is 47.2 Å². The van der Waals surface area contributed by atoms with Gasteiger partial charge in [-0.25, -0.2) is 4.98 Å². The van der Waals surface area contributed by atoms with Crippen LogP contribution in [-0.2, 0) is 23.1 Å². The predicted octanol–water partition coefficient (Wildman–Crippen LogP) is 2.20. The Kier molecular flexibility index (Phi) is 5.33. The van der Waals surface area contributed by atoms with Gasteiger partial charge in [-0.1, -0.05) is 48.6 Å². The number of carbonyl (C=O) groups is 1. The zero-order chi connectivity index (χ0) is 16.9. The van der Waals surface area contributed by atoms with E-state index in [9.17, 15) is 0 Å². The SMILES string of the molecule is CC1(c2ccccc2)CCc2sc(N=C(N)N)nc2C1.O=CO. The number of rotatable bonds is 2. The van der Waals surface area contributed by atoms with Crippen molar-refractivity contribution in [2.75, 3.05) is 0 Å². The molecule has 2 aromatic rings. The summed E-state index contributed by atoms with van der Waals surface area (Å²) < 4.78 is 0. The molecule has 0 saturated heterocycles. The number of carboxylic acid groups (broad SMARTS) is 1. The number of hydrogen-bond donors (Lipinski definition) is 3. The first-order chi connectivity index (χ1) is 11.0. The van der Waals surface area contributed by atoms with Crippen molar-refractivity contribution in [2.45, 2.75) is 31.6 Å². The van der Waals surface area contributed by atoms with Crippen LogP contribution in [0.25, 0.3) is 0 Å². The Labute approximate surface area is 138 Å². The largest absolute Gasteiger partial charge is 0.483 e. The lowest BCUT2D eigenvalue weighted by atomic mass is 9.72. The van der Waals surface area contributed by atoms with Gasteiger partial charge in [0.1, 0.15) is 0 Å². The van der Waals surface area contributed by atoms with E-state index in [1.807, 2.05) is 0 Å². The van der Waals surface area contributed by atoms with Crippen LogP contribution in [0, 0.1) is 0 Å². The molecule has 0 saturated carbocycles. The van der Waals surface area contributed by atoms with Gasteiger partial charge < -0.3 is 16.6 Å². The summed E-state index contributed by atoms with van der Waals surface area (Å²) in [6.45, 7) is 2.06. The summed E-state index contributed by atoms with van der Waals surface area (Å²) in [5, 5.41) is 7.56. The lowest BCUT2D eigenvalue weighted by Gasteiger charge is -2.33. The van der Waals surface area contributed by atoms with E-state index in [1.165, 1.54) is 10.4 Å². The first kappa shape index (κ1) is 17.0. The van der Waals surface area contributed by atoms with Gasteiger partial charge in [-0.2, -0.15) is 4.99 Å². The highest BCUT2D eigenvalue weighted by Gasteiger charge is 2.33. The third-order valence-corrected chi connectivity index (χ3v) is 4.98. The van der Waals surface area contributed by atoms with Crippen molar-refractivity contribution in [3.05, 3.63) is 46.5 Å². The van der Waals surface area contributed by atoms with Gasteiger partial charge in [0.05, 0.1) is 5.69 Å². The summed E-state index contributed by atoms with van der Waals surface area (Å²) in [7, 11) is 0. The van der Waals surface area contributed by atoms with Gasteiger partial charge in [0.15, 0.2) is 5.96 Å². The molecule has 0 radical (unpaired) electrons. The number of nitrogens with two attached hydrogens (primary N) is 2. The lowest BCUT2D eigenvalue weighted by Crippen LogP contribution is -2.29. The predicted molar refractivity (Wildman–Crippen MR) is 92.1 cm³/mol. The molecule has 0 spiro atoms. The number of hydrogen-bond acceptors (Lipinski definition) is 4. The first-order valence-corrected chi connectivity index (χ1v) is 8.02. The van der Waals surface area contributed by atoms with Crippen molar-refractivity contribution >= 4 is 28.9 Å². The molecule has 0 aliphatic heterocycles. The summed E-state index contributed by atoms with van der Waals surface area (Å²) in [5.41, 5.74) is 13.5. The summed E-state index contributed by atoms with van der Waals surface area (Å²) in [6.07, 6.45) is 3.12. The quantitative estimate of drug-likeness (QED) is 0.443. The minimum absolute atomic E-state index is 0.0712. The fourth-order valence-electron chi connectivity index (χ4n) is 2.80. The van der Waals surface area contributed by atoms with Crippen molar-refractivity contribution in [2.24, 2.45) is 16.5 Å². The summed E-state index contributed by atoms with van der Waals surface area (Å²) in [5.74, 6) is 0.0712. The van der Waals surface area contributed by atoms with Crippen LogP contribution in [-0.4, -0.2) is 22.5 Å². The Balaban J connectivity index is 0.000000595. The highest BCUT2D eigenvalue weighted by molar-refractivity contribution is 7.15. The molecular weight excluding hydrogens is 312 g/mol. The second-order valence-electron chi connectivity index (χ2n) is 5.61. The smallest absolute Gasteiger partial charge is 0.290 e. The average molecular weight is 332 g/mol. The van der Waals surface area contributed by atoms with Crippen LogP contribution in [0.5, 0.6) is 0 Å². The number of benzene rings is 1. The molecule has 0 amide bonds. The van der Waals surface area contributed by atoms with E-state index >= 15 is 0 Å². The van der Waals surface area contributed by atoms with Crippen LogP contribution in [0.4, 0.5) is 5.13 Å². The van der Waals surface area contributed by atoms with Gasteiger partial charge in [0.25, 0.3) is 6.47 Å². The first-order valence-electron chi connectivity index (χ1n) is 7.20. The molecule has 0 fully saturated rings. The third kappa shape index (κ3) is 4.07. The highest BCUT2D eigenvalue weighted by atomic mass is 32.1. The van der Waals surface area contributed by atoms with Crippen molar-refractivity contribution in [1.29, 1.82) is 0 Å². The highest BCUT2D eigenvalue weighted by Crippen LogP contribution is 2.41. The maximum absolute atomic E-state index is 8.36. The molecule has 1 atom stereocenters. The van der Waals surface area contributed by atoms with E-state index < -0.39 is 0 Å². The van der Waals surface area contributed by atoms with Gasteiger partial charge in [-0.05, 0) is 23.8 Å². The summed E-state index contributed by atoms with van der Waals surface area (Å²) in [4.78, 5) is 18.3. The Hall–Kier alpha value is -2.41. The number of aromatic nitrogens is 1. The van der Waals surface area contributed by atoms with Crippen LogP contribution < -0.4 is 11.5 Å². The standard InChI is InChI=1S/C15H18N4S.CH2O2/c1-15(10-5-3-2-4-6-10)8-7-12-11(9-15)18-14(20-12)19-13(16)17;2-1-3/h2-6H,7-9H2,1H3,(H4,16,17,18,19);1H,(H,2,3). The van der Waals surface area contributed by atoms with Crippen LogP contribution in [0.2, 0.25) is 0 Å². The molecule has 1 unspecified atom stereocenters. The van der Waals surface area contributed by atoms with Crippen molar-refractivity contribution in [1.82, 2.24) is 4.98 Å². The average Bonchev–Trinajstić information content (AvgIpc) is 2.89. The second-order valence-corrected chi connectivity index (χ2v) is 6.67. The number of thiazole rings is 1. The Morgan fingerprint density at radius 2 is 2.04 bits per heavy atom. The van der Waals surface area contributed by atoms with E-state index in [0.29, 0.717) is 5.13 Å². The van der Waals surface area contributed by atoms with Crippen molar-refractivity contribution in [3.63, 3.8) is 0 Å². The van der Waals surface area contributed by atoms with Gasteiger partial charge in [-0.3, -0.25) is 4.79 Å². The van der Waals surface area contributed by atoms with Crippen LogP contribution in [0.3, 0.4) is 0 Å². The Bertz CT molecular complexity index is 695. The summed E-state index contributed by atoms with van der Waals surface area (Å²) >= 11 is 1.60. The zero-order valence-corrected chi connectivity index (χ0v) is 13.7. The number of aliphatic imine (C=N–C) groups is 1. The van der Waals surface area contributed by atoms with E-state index in [4.69, 9.17) is 21.4 Å². The Morgan fingerprint density at radius 3 is 2.65 bits per heavy atom. The molecule has 6 nitrogen and oxygen atoms in total. The molecule has 1 aromatic heterocycles. The Morgan fingerprint density at radius 1 is 1.39 bits per heavy atom. The van der Waals surface area contributed by atoms with Crippen molar-refractivity contribution in [3.8, 4) is 0 Å². The minimum Gasteiger partial charge on any atom is -0.483 e. The van der Waals surface area contributed by atoms with Crippen LogP contribution >= 0.6 is 11.3 Å². The van der Waals surface area contributed by atoms with Crippen LogP contribution in [0.1, 0.15) is 29.5 Å². The molecule has 1 heterocycles. The maximum atomic E-state index is 8.36. The number of nitrogens with zero attached hydrogens (tertiary/aromatic N) is 2. The molecule has 7 heteroatoms. The molecule has 1 aliphatic carbocycles. The number of aryl methyl sites for hydroxylation is 1. The van der Waals surface area contributed by atoms with Crippen LogP contribution in [0.15, 0.2) is 35.3 Å². The van der Waals surface area contributed by atoms with Gasteiger partial charge >= 0.3 is 0 Å². The molecule has 5 N–H and O–H groups in total. The van der Waals surface area contributed by atoms with Gasteiger partial charge in [0, 0.05) is 11.3 Å². The molecule has 1 aromatic carbocycles. The molecule has 122 valence electrons. The summed E-state index contributed by atoms with van der Waals surface area (Å²) in [6, 6.07) is 10.7. The topological polar surface area (TPSA) is 115 Å². The molecular formula is C16H20N4O2S. The van der Waals surface area contributed by atoms with Gasteiger partial charge in [0.2, 0.25) is 5.13 Å². The van der Waals surface area contributed by atoms with Crippen molar-refractivity contribution < 1.29 is 9.90 Å². The molecule has 0 bridgehead atoms. The molecule has 1 aliphatic rings. The molecule has 3 rings (SSSR count). The fourth-order valence-corrected chi connectivity index (χ4v) is 3.76. The lowest BCUT2D eigenvalue weighted by molar-refractivity contribution is -0.122. The second kappa shape index (κ2) is 7.23. The maximum Gasteiger partial charge on any atom is 0.290 e. The fraction of sp³-hybridized carbons (Fsp3) is 0.312. The third-order valence-electron chi connectivity index (χ3n) is 3.92. The number of guanidine groups is 1. The minimum atomic E-state index is -0.250. The molecule has 23 heavy (non-hydrogen) atoms. The normalized spacial score (nSPS) is 19.0. The monoisotopic (exact) mass is 332 g/mol. The zero-order valence-electron chi connectivity index (χ0n) is 12.9. The van der Waals surface area contributed by atoms with Gasteiger partial charge in [-0.15, -0.1) is 0 Å². The number of fused-ring (bicyclic) bond motifs is 1. The van der Waals surface area contributed by atoms with E-state index in [0.717, 1.165) is 25.0 Å².